The summed E-state index contributed by atoms with van der Waals surface area (Å²) in [5.41, 5.74) is 2.76. The van der Waals surface area contributed by atoms with Crippen molar-refractivity contribution in [2.45, 2.75) is 52.1 Å². The summed E-state index contributed by atoms with van der Waals surface area (Å²) >= 11 is 0. The van der Waals surface area contributed by atoms with Crippen LogP contribution in [-0.2, 0) is 22.8 Å². The van der Waals surface area contributed by atoms with Crippen LogP contribution in [0.15, 0.2) is 12.4 Å². The lowest BCUT2D eigenvalue weighted by Crippen LogP contribution is -2.25. The highest BCUT2D eigenvalue weighted by atomic mass is 32.2. The summed E-state index contributed by atoms with van der Waals surface area (Å²) in [7, 11) is -2.88. The number of sulfone groups is 1. The SMILES string of the molecule is CCCNC1CCCc2cn(CCS(=O)(=O)CC)cc21. The first-order chi connectivity index (χ1) is 9.55. The van der Waals surface area contributed by atoms with Crippen LogP contribution >= 0.6 is 0 Å². The van der Waals surface area contributed by atoms with E-state index >= 15 is 0 Å². The van der Waals surface area contributed by atoms with Crippen molar-refractivity contribution >= 4 is 9.84 Å². The zero-order valence-electron chi connectivity index (χ0n) is 12.6. The van der Waals surface area contributed by atoms with E-state index < -0.39 is 9.84 Å². The van der Waals surface area contributed by atoms with Crippen molar-refractivity contribution in [2.75, 3.05) is 18.1 Å². The molecule has 114 valence electrons. The third-order valence-corrected chi connectivity index (χ3v) is 5.74. The predicted molar refractivity (Wildman–Crippen MR) is 82.7 cm³/mol. The van der Waals surface area contributed by atoms with Crippen molar-refractivity contribution in [1.29, 1.82) is 0 Å². The molecule has 5 heteroatoms. The zero-order chi connectivity index (χ0) is 14.6. The Kier molecular flexibility index (Phi) is 5.27. The van der Waals surface area contributed by atoms with Crippen molar-refractivity contribution in [3.63, 3.8) is 0 Å². The Balaban J connectivity index is 2.05. The molecular weight excluding hydrogens is 272 g/mol. The van der Waals surface area contributed by atoms with Crippen LogP contribution in [0, 0.1) is 0 Å². The topological polar surface area (TPSA) is 51.1 Å². The van der Waals surface area contributed by atoms with Gasteiger partial charge in [-0.2, -0.15) is 0 Å². The molecule has 0 spiro atoms. The van der Waals surface area contributed by atoms with E-state index in [4.69, 9.17) is 0 Å². The normalized spacial score (nSPS) is 19.0. The fourth-order valence-electron chi connectivity index (χ4n) is 2.80. The van der Waals surface area contributed by atoms with E-state index in [2.05, 4.69) is 29.2 Å². The minimum atomic E-state index is -2.88. The van der Waals surface area contributed by atoms with E-state index in [9.17, 15) is 8.42 Å². The van der Waals surface area contributed by atoms with Gasteiger partial charge in [0, 0.05) is 30.7 Å². The molecule has 1 aromatic rings. The summed E-state index contributed by atoms with van der Waals surface area (Å²) in [5, 5.41) is 3.59. The van der Waals surface area contributed by atoms with Crippen molar-refractivity contribution < 1.29 is 8.42 Å². The maximum absolute atomic E-state index is 11.6. The highest BCUT2D eigenvalue weighted by molar-refractivity contribution is 7.91. The molecule has 0 fully saturated rings. The molecule has 0 aliphatic heterocycles. The van der Waals surface area contributed by atoms with Crippen molar-refractivity contribution in [3.05, 3.63) is 23.5 Å². The van der Waals surface area contributed by atoms with Crippen molar-refractivity contribution in [2.24, 2.45) is 0 Å². The van der Waals surface area contributed by atoms with Crippen LogP contribution in [0.5, 0.6) is 0 Å². The van der Waals surface area contributed by atoms with Crippen LogP contribution < -0.4 is 5.32 Å². The third kappa shape index (κ3) is 3.85. The van der Waals surface area contributed by atoms with Crippen LogP contribution in [0.3, 0.4) is 0 Å². The summed E-state index contributed by atoms with van der Waals surface area (Å²) in [4.78, 5) is 0. The first-order valence-corrected chi connectivity index (χ1v) is 9.50. The maximum Gasteiger partial charge on any atom is 0.151 e. The number of aromatic nitrogens is 1. The number of nitrogens with one attached hydrogen (secondary N) is 1. The van der Waals surface area contributed by atoms with Crippen molar-refractivity contribution in [3.8, 4) is 0 Å². The summed E-state index contributed by atoms with van der Waals surface area (Å²) in [6.45, 7) is 5.50. The van der Waals surface area contributed by atoms with Gasteiger partial charge in [0.2, 0.25) is 0 Å². The Morgan fingerprint density at radius 2 is 2.15 bits per heavy atom. The Bertz CT molecular complexity index is 534. The third-order valence-electron chi connectivity index (χ3n) is 4.05. The molecule has 1 aromatic heterocycles. The molecule has 0 aromatic carbocycles. The first-order valence-electron chi connectivity index (χ1n) is 7.68. The van der Waals surface area contributed by atoms with Crippen LogP contribution in [0.25, 0.3) is 0 Å². The largest absolute Gasteiger partial charge is 0.353 e. The highest BCUT2D eigenvalue weighted by Crippen LogP contribution is 2.30. The minimum absolute atomic E-state index is 0.231. The van der Waals surface area contributed by atoms with E-state index in [1.54, 1.807) is 6.92 Å². The summed E-state index contributed by atoms with van der Waals surface area (Å²) < 4.78 is 25.3. The van der Waals surface area contributed by atoms with Gasteiger partial charge in [-0.05, 0) is 43.4 Å². The molecule has 0 radical (unpaired) electrons. The quantitative estimate of drug-likeness (QED) is 0.840. The molecule has 4 nitrogen and oxygen atoms in total. The number of aryl methyl sites for hydroxylation is 2. The van der Waals surface area contributed by atoms with E-state index in [0.29, 0.717) is 12.6 Å². The standard InChI is InChI=1S/C15H26N2O2S/c1-3-8-16-15-7-5-6-13-11-17(12-14(13)15)9-10-20(18,19)4-2/h11-12,15-16H,3-10H2,1-2H3. The summed E-state index contributed by atoms with van der Waals surface area (Å²) in [6, 6.07) is 0.447. The molecule has 0 saturated carbocycles. The molecule has 1 aliphatic carbocycles. The van der Waals surface area contributed by atoms with E-state index in [1.807, 2.05) is 0 Å². The van der Waals surface area contributed by atoms with Gasteiger partial charge >= 0.3 is 0 Å². The van der Waals surface area contributed by atoms with Crippen LogP contribution in [0.4, 0.5) is 0 Å². The van der Waals surface area contributed by atoms with Gasteiger partial charge < -0.3 is 9.88 Å². The van der Waals surface area contributed by atoms with E-state index in [1.165, 1.54) is 24.0 Å². The predicted octanol–water partition coefficient (Wildman–Crippen LogP) is 2.30. The average molecular weight is 298 g/mol. The first kappa shape index (κ1) is 15.6. The number of hydrogen-bond donors (Lipinski definition) is 1. The van der Waals surface area contributed by atoms with Gasteiger partial charge in [-0.3, -0.25) is 0 Å². The molecule has 0 amide bonds. The van der Waals surface area contributed by atoms with E-state index in [-0.39, 0.29) is 11.5 Å². The fourth-order valence-corrected chi connectivity index (χ4v) is 3.57. The molecule has 1 unspecified atom stereocenters. The molecule has 1 N–H and O–H groups in total. The average Bonchev–Trinajstić information content (AvgIpc) is 2.86. The molecule has 0 saturated heterocycles. The lowest BCUT2D eigenvalue weighted by Gasteiger charge is -2.23. The summed E-state index contributed by atoms with van der Waals surface area (Å²) in [5.74, 6) is 0.471. The molecule has 0 bridgehead atoms. The van der Waals surface area contributed by atoms with Gasteiger partial charge in [-0.1, -0.05) is 13.8 Å². The monoisotopic (exact) mass is 298 g/mol. The second-order valence-corrected chi connectivity index (χ2v) is 8.08. The number of hydrogen-bond acceptors (Lipinski definition) is 3. The Labute approximate surface area is 122 Å². The second kappa shape index (κ2) is 6.76. The van der Waals surface area contributed by atoms with E-state index in [0.717, 1.165) is 19.4 Å². The van der Waals surface area contributed by atoms with Gasteiger partial charge in [0.15, 0.2) is 9.84 Å². The van der Waals surface area contributed by atoms with Crippen LogP contribution in [0.1, 0.15) is 50.3 Å². The molecule has 1 aliphatic rings. The van der Waals surface area contributed by atoms with Gasteiger partial charge in [0.25, 0.3) is 0 Å². The molecule has 2 rings (SSSR count). The van der Waals surface area contributed by atoms with Crippen molar-refractivity contribution in [1.82, 2.24) is 9.88 Å². The van der Waals surface area contributed by atoms with Gasteiger partial charge in [0.05, 0.1) is 5.75 Å². The highest BCUT2D eigenvalue weighted by Gasteiger charge is 2.21. The Morgan fingerprint density at radius 3 is 2.85 bits per heavy atom. The number of nitrogens with zero attached hydrogens (tertiary/aromatic N) is 1. The summed E-state index contributed by atoms with van der Waals surface area (Å²) in [6.07, 6.45) is 8.94. The molecule has 1 heterocycles. The molecule has 1 atom stereocenters. The van der Waals surface area contributed by atoms with Gasteiger partial charge in [-0.25, -0.2) is 8.42 Å². The molecular formula is C15H26N2O2S. The van der Waals surface area contributed by atoms with Crippen LogP contribution in [0.2, 0.25) is 0 Å². The van der Waals surface area contributed by atoms with Gasteiger partial charge in [0.1, 0.15) is 0 Å². The molecule has 20 heavy (non-hydrogen) atoms. The number of rotatable bonds is 7. The second-order valence-electron chi connectivity index (χ2n) is 5.61. The Morgan fingerprint density at radius 1 is 1.35 bits per heavy atom. The maximum atomic E-state index is 11.6. The lowest BCUT2D eigenvalue weighted by molar-refractivity contribution is 0.462. The lowest BCUT2D eigenvalue weighted by atomic mass is 9.91. The fraction of sp³-hybridized carbons (Fsp3) is 0.733. The Hall–Kier alpha value is -0.810. The zero-order valence-corrected chi connectivity index (χ0v) is 13.4. The van der Waals surface area contributed by atoms with Crippen LogP contribution in [-0.4, -0.2) is 31.0 Å². The smallest absolute Gasteiger partial charge is 0.151 e. The van der Waals surface area contributed by atoms with Gasteiger partial charge in [-0.15, -0.1) is 0 Å². The number of fused-ring (bicyclic) bond motifs is 1. The minimum Gasteiger partial charge on any atom is -0.353 e.